The number of ether oxygens (including phenoxy) is 1. The highest BCUT2D eigenvalue weighted by atomic mass is 16.5. The molecule has 162 valence electrons. The molecule has 3 aromatic carbocycles. The van der Waals surface area contributed by atoms with E-state index < -0.39 is 0 Å². The third-order valence-corrected chi connectivity index (χ3v) is 5.46. The Morgan fingerprint density at radius 3 is 2.42 bits per heavy atom. The summed E-state index contributed by atoms with van der Waals surface area (Å²) in [6.45, 7) is 1.84. The van der Waals surface area contributed by atoms with Crippen LogP contribution in [0.15, 0.2) is 91.1 Å². The van der Waals surface area contributed by atoms with E-state index >= 15 is 0 Å². The number of benzene rings is 3. The van der Waals surface area contributed by atoms with Crippen LogP contribution in [0, 0.1) is 6.92 Å². The third kappa shape index (κ3) is 3.92. The lowest BCUT2D eigenvalue weighted by Crippen LogP contribution is -2.27. The fourth-order valence-corrected chi connectivity index (χ4v) is 3.67. The van der Waals surface area contributed by atoms with E-state index in [4.69, 9.17) is 4.74 Å². The Kier molecular flexibility index (Phi) is 5.28. The van der Waals surface area contributed by atoms with Gasteiger partial charge in [-0.2, -0.15) is 0 Å². The number of para-hydroxylation sites is 1. The molecule has 0 atom stereocenters. The number of pyridine rings is 1. The van der Waals surface area contributed by atoms with Crippen LogP contribution in [0.3, 0.4) is 0 Å². The van der Waals surface area contributed by atoms with E-state index in [1.165, 1.54) is 0 Å². The van der Waals surface area contributed by atoms with Gasteiger partial charge in [-0.3, -0.25) is 9.78 Å². The van der Waals surface area contributed by atoms with E-state index in [9.17, 15) is 4.79 Å². The van der Waals surface area contributed by atoms with Gasteiger partial charge in [0.2, 0.25) is 0 Å². The molecule has 0 aliphatic heterocycles. The molecule has 7 heteroatoms. The molecule has 33 heavy (non-hydrogen) atoms. The average molecular weight is 435 g/mol. The Labute approximate surface area is 190 Å². The molecular formula is C26H21N5O2. The Hall–Kier alpha value is -4.52. The molecule has 0 fully saturated rings. The van der Waals surface area contributed by atoms with Crippen molar-refractivity contribution in [2.45, 2.75) is 6.92 Å². The highest BCUT2D eigenvalue weighted by Gasteiger charge is 2.22. The van der Waals surface area contributed by atoms with Crippen molar-refractivity contribution in [1.29, 1.82) is 0 Å². The molecular weight excluding hydrogens is 414 g/mol. The quantitative estimate of drug-likeness (QED) is 0.380. The van der Waals surface area contributed by atoms with Gasteiger partial charge in [-0.1, -0.05) is 29.5 Å². The second-order valence-electron chi connectivity index (χ2n) is 7.56. The second-order valence-corrected chi connectivity index (χ2v) is 7.56. The summed E-state index contributed by atoms with van der Waals surface area (Å²) < 4.78 is 7.51. The van der Waals surface area contributed by atoms with Crippen LogP contribution < -0.4 is 9.64 Å². The molecule has 5 rings (SSSR count). The van der Waals surface area contributed by atoms with Crippen LogP contribution in [0.4, 0.5) is 5.69 Å². The van der Waals surface area contributed by atoms with E-state index in [1.54, 1.807) is 22.8 Å². The SMILES string of the molecule is Cc1c(C(=O)N(C)c2ccc(Oc3ccccc3)cc2)nnn1-c1cccc2ncccc12. The molecule has 0 N–H and O–H groups in total. The first-order chi connectivity index (χ1) is 16.1. The number of fused-ring (bicyclic) bond motifs is 1. The van der Waals surface area contributed by atoms with Gasteiger partial charge in [0.1, 0.15) is 11.5 Å². The number of carbonyl (C=O) groups is 1. The number of carbonyl (C=O) groups excluding carboxylic acids is 1. The van der Waals surface area contributed by atoms with Gasteiger partial charge < -0.3 is 9.64 Å². The van der Waals surface area contributed by atoms with Gasteiger partial charge >= 0.3 is 0 Å². The fraction of sp³-hybridized carbons (Fsp3) is 0.0769. The smallest absolute Gasteiger partial charge is 0.280 e. The normalized spacial score (nSPS) is 10.8. The minimum absolute atomic E-state index is 0.242. The standard InChI is InChI=1S/C26H21N5O2/c1-18-25(28-29-31(18)24-12-6-11-23-22(24)10-7-17-27-23)26(32)30(2)19-13-15-21(16-14-19)33-20-8-4-3-5-9-20/h3-17H,1-2H3. The minimum Gasteiger partial charge on any atom is -0.457 e. The van der Waals surface area contributed by atoms with Gasteiger partial charge in [-0.05, 0) is 67.6 Å². The van der Waals surface area contributed by atoms with E-state index in [2.05, 4.69) is 15.3 Å². The van der Waals surface area contributed by atoms with Crippen LogP contribution in [0.5, 0.6) is 11.5 Å². The summed E-state index contributed by atoms with van der Waals surface area (Å²) in [4.78, 5) is 19.2. The maximum absolute atomic E-state index is 13.2. The van der Waals surface area contributed by atoms with E-state index in [0.717, 1.165) is 28.0 Å². The van der Waals surface area contributed by atoms with Crippen molar-refractivity contribution < 1.29 is 9.53 Å². The monoisotopic (exact) mass is 435 g/mol. The topological polar surface area (TPSA) is 73.1 Å². The first-order valence-electron chi connectivity index (χ1n) is 10.5. The Morgan fingerprint density at radius 1 is 0.879 bits per heavy atom. The Bertz CT molecular complexity index is 1420. The zero-order valence-electron chi connectivity index (χ0n) is 18.2. The first-order valence-corrected chi connectivity index (χ1v) is 10.5. The summed E-state index contributed by atoms with van der Waals surface area (Å²) in [5.41, 5.74) is 3.36. The maximum Gasteiger partial charge on any atom is 0.280 e. The van der Waals surface area contributed by atoms with E-state index in [0.29, 0.717) is 17.1 Å². The molecule has 0 aliphatic carbocycles. The lowest BCUT2D eigenvalue weighted by Gasteiger charge is -2.17. The van der Waals surface area contributed by atoms with Crippen LogP contribution in [-0.2, 0) is 0 Å². The highest BCUT2D eigenvalue weighted by Crippen LogP contribution is 2.26. The predicted molar refractivity (Wildman–Crippen MR) is 127 cm³/mol. The summed E-state index contributed by atoms with van der Waals surface area (Å²) in [5.74, 6) is 1.21. The lowest BCUT2D eigenvalue weighted by molar-refractivity contribution is 0.0987. The third-order valence-electron chi connectivity index (χ3n) is 5.46. The molecule has 0 aliphatic rings. The van der Waals surface area contributed by atoms with Crippen molar-refractivity contribution in [2.75, 3.05) is 11.9 Å². The summed E-state index contributed by atoms with van der Waals surface area (Å²) in [7, 11) is 1.72. The molecule has 0 saturated carbocycles. The molecule has 7 nitrogen and oxygen atoms in total. The molecule has 1 amide bonds. The molecule has 0 bridgehead atoms. The molecule has 2 heterocycles. The zero-order chi connectivity index (χ0) is 22.8. The van der Waals surface area contributed by atoms with Crippen molar-refractivity contribution in [1.82, 2.24) is 20.0 Å². The second kappa shape index (κ2) is 8.55. The Morgan fingerprint density at radius 2 is 1.64 bits per heavy atom. The number of hydrogen-bond acceptors (Lipinski definition) is 5. The fourth-order valence-electron chi connectivity index (χ4n) is 3.67. The van der Waals surface area contributed by atoms with E-state index in [1.807, 2.05) is 91.9 Å². The van der Waals surface area contributed by atoms with Crippen molar-refractivity contribution in [3.8, 4) is 17.2 Å². The molecule has 0 saturated heterocycles. The van der Waals surface area contributed by atoms with Crippen molar-refractivity contribution >= 4 is 22.5 Å². The van der Waals surface area contributed by atoms with Crippen LogP contribution in [0.1, 0.15) is 16.2 Å². The van der Waals surface area contributed by atoms with Gasteiger partial charge in [-0.15, -0.1) is 5.10 Å². The number of anilines is 1. The van der Waals surface area contributed by atoms with E-state index in [-0.39, 0.29) is 5.91 Å². The van der Waals surface area contributed by atoms with Crippen LogP contribution >= 0.6 is 0 Å². The highest BCUT2D eigenvalue weighted by molar-refractivity contribution is 6.05. The van der Waals surface area contributed by atoms with Crippen molar-refractivity contribution in [2.24, 2.45) is 0 Å². The van der Waals surface area contributed by atoms with Gasteiger partial charge in [0, 0.05) is 24.3 Å². The Balaban J connectivity index is 1.39. The van der Waals surface area contributed by atoms with Gasteiger partial charge in [0.15, 0.2) is 5.69 Å². The predicted octanol–water partition coefficient (Wildman–Crippen LogP) is 5.19. The minimum atomic E-state index is -0.242. The van der Waals surface area contributed by atoms with Crippen LogP contribution in [0.25, 0.3) is 16.6 Å². The van der Waals surface area contributed by atoms with Crippen molar-refractivity contribution in [3.05, 3.63) is 103 Å². The van der Waals surface area contributed by atoms with Crippen LogP contribution in [-0.4, -0.2) is 32.9 Å². The average Bonchev–Trinajstić information content (AvgIpc) is 3.25. The van der Waals surface area contributed by atoms with Gasteiger partial charge in [0.25, 0.3) is 5.91 Å². The van der Waals surface area contributed by atoms with Crippen LogP contribution in [0.2, 0.25) is 0 Å². The summed E-state index contributed by atoms with van der Waals surface area (Å²) in [5, 5.41) is 9.40. The zero-order valence-corrected chi connectivity index (χ0v) is 18.2. The number of hydrogen-bond donors (Lipinski definition) is 0. The summed E-state index contributed by atoms with van der Waals surface area (Å²) >= 11 is 0. The van der Waals surface area contributed by atoms with Crippen molar-refractivity contribution in [3.63, 3.8) is 0 Å². The van der Waals surface area contributed by atoms with Gasteiger partial charge in [-0.25, -0.2) is 4.68 Å². The molecule has 0 unspecified atom stereocenters. The summed E-state index contributed by atoms with van der Waals surface area (Å²) in [6, 6.07) is 26.5. The number of nitrogens with zero attached hydrogens (tertiary/aromatic N) is 5. The molecule has 0 radical (unpaired) electrons. The summed E-state index contributed by atoms with van der Waals surface area (Å²) in [6.07, 6.45) is 1.75. The number of aromatic nitrogens is 4. The molecule has 5 aromatic rings. The maximum atomic E-state index is 13.2. The van der Waals surface area contributed by atoms with Gasteiger partial charge in [0.05, 0.1) is 16.9 Å². The lowest BCUT2D eigenvalue weighted by atomic mass is 10.1. The first kappa shape index (κ1) is 20.4. The molecule has 0 spiro atoms. The number of rotatable bonds is 5. The largest absolute Gasteiger partial charge is 0.457 e. The molecule has 2 aromatic heterocycles. The number of amides is 1.